The van der Waals surface area contributed by atoms with E-state index in [1.165, 1.54) is 23.5 Å². The summed E-state index contributed by atoms with van der Waals surface area (Å²) < 4.78 is 12.9. The van der Waals surface area contributed by atoms with E-state index in [4.69, 9.17) is 23.2 Å². The number of nitrogens with one attached hydrogen (secondary N) is 1. The van der Waals surface area contributed by atoms with Crippen molar-refractivity contribution in [2.75, 3.05) is 5.32 Å². The Balaban J connectivity index is 1.82. The molecule has 116 valence electrons. The average molecular weight is 367 g/mol. The van der Waals surface area contributed by atoms with Gasteiger partial charge >= 0.3 is 0 Å². The lowest BCUT2D eigenvalue weighted by Gasteiger charge is -2.05. The maximum absolute atomic E-state index is 12.9. The molecule has 1 heterocycles. The first-order chi connectivity index (χ1) is 11.0. The van der Waals surface area contributed by atoms with E-state index >= 15 is 0 Å². The van der Waals surface area contributed by atoms with Crippen LogP contribution in [0.5, 0.6) is 0 Å². The van der Waals surface area contributed by atoms with Crippen LogP contribution < -0.4 is 5.32 Å². The SMILES string of the molecule is O=C(Nc1nc(-c2ccc(F)cc2)cs1)c1c(Cl)cccc1Cl. The van der Waals surface area contributed by atoms with E-state index in [-0.39, 0.29) is 21.4 Å². The molecule has 0 unspecified atom stereocenters. The number of amides is 1. The van der Waals surface area contributed by atoms with Gasteiger partial charge in [0.15, 0.2) is 5.13 Å². The third-order valence-electron chi connectivity index (χ3n) is 3.05. The zero-order valence-corrected chi connectivity index (χ0v) is 13.8. The predicted octanol–water partition coefficient (Wildman–Crippen LogP) is 5.51. The molecule has 0 saturated heterocycles. The predicted molar refractivity (Wildman–Crippen MR) is 91.9 cm³/mol. The van der Waals surface area contributed by atoms with E-state index in [0.717, 1.165) is 5.56 Å². The van der Waals surface area contributed by atoms with E-state index in [0.29, 0.717) is 10.8 Å². The Labute approximate surface area is 145 Å². The summed E-state index contributed by atoms with van der Waals surface area (Å²) in [6.07, 6.45) is 0. The highest BCUT2D eigenvalue weighted by Crippen LogP contribution is 2.28. The number of rotatable bonds is 3. The first kappa shape index (κ1) is 15.9. The molecule has 0 atom stereocenters. The fourth-order valence-corrected chi connectivity index (χ4v) is 3.24. The van der Waals surface area contributed by atoms with Gasteiger partial charge in [-0.2, -0.15) is 0 Å². The van der Waals surface area contributed by atoms with Crippen molar-refractivity contribution in [1.82, 2.24) is 4.98 Å². The summed E-state index contributed by atoms with van der Waals surface area (Å²) in [5, 5.41) is 5.39. The number of thiazole rings is 1. The van der Waals surface area contributed by atoms with Crippen LogP contribution in [0.15, 0.2) is 47.8 Å². The Morgan fingerprint density at radius 1 is 1.09 bits per heavy atom. The van der Waals surface area contributed by atoms with Gasteiger partial charge in [-0.1, -0.05) is 29.3 Å². The highest BCUT2D eigenvalue weighted by molar-refractivity contribution is 7.14. The third-order valence-corrected chi connectivity index (χ3v) is 4.44. The third kappa shape index (κ3) is 3.52. The molecule has 1 amide bonds. The minimum Gasteiger partial charge on any atom is -0.298 e. The molecule has 0 spiro atoms. The zero-order chi connectivity index (χ0) is 16.4. The fraction of sp³-hybridized carbons (Fsp3) is 0. The maximum atomic E-state index is 12.9. The molecule has 23 heavy (non-hydrogen) atoms. The van der Waals surface area contributed by atoms with Gasteiger partial charge < -0.3 is 0 Å². The second-order valence-electron chi connectivity index (χ2n) is 4.60. The number of hydrogen-bond acceptors (Lipinski definition) is 3. The monoisotopic (exact) mass is 366 g/mol. The molecule has 0 aliphatic carbocycles. The van der Waals surface area contributed by atoms with E-state index in [9.17, 15) is 9.18 Å². The van der Waals surface area contributed by atoms with Crippen molar-refractivity contribution in [2.45, 2.75) is 0 Å². The number of aromatic nitrogens is 1. The van der Waals surface area contributed by atoms with Crippen LogP contribution in [0.1, 0.15) is 10.4 Å². The lowest BCUT2D eigenvalue weighted by atomic mass is 10.2. The fourth-order valence-electron chi connectivity index (χ4n) is 1.96. The van der Waals surface area contributed by atoms with Crippen molar-refractivity contribution in [3.63, 3.8) is 0 Å². The number of anilines is 1. The number of halogens is 3. The van der Waals surface area contributed by atoms with Gasteiger partial charge in [0.25, 0.3) is 5.91 Å². The molecule has 1 N–H and O–H groups in total. The Morgan fingerprint density at radius 2 is 1.74 bits per heavy atom. The molecular weight excluding hydrogens is 358 g/mol. The van der Waals surface area contributed by atoms with Crippen molar-refractivity contribution in [2.24, 2.45) is 0 Å². The topological polar surface area (TPSA) is 42.0 Å². The molecule has 0 saturated carbocycles. The van der Waals surface area contributed by atoms with E-state index in [1.54, 1.807) is 35.7 Å². The van der Waals surface area contributed by atoms with Gasteiger partial charge in [-0.05, 0) is 36.4 Å². The van der Waals surface area contributed by atoms with Gasteiger partial charge in [-0.3, -0.25) is 10.1 Å². The van der Waals surface area contributed by atoms with Crippen LogP contribution in [0.25, 0.3) is 11.3 Å². The molecule has 3 nitrogen and oxygen atoms in total. The first-order valence-corrected chi connectivity index (χ1v) is 8.15. The lowest BCUT2D eigenvalue weighted by Crippen LogP contribution is -2.12. The summed E-state index contributed by atoms with van der Waals surface area (Å²) in [6, 6.07) is 10.8. The van der Waals surface area contributed by atoms with Crippen molar-refractivity contribution in [3.05, 3.63) is 69.3 Å². The Hall–Kier alpha value is -1.95. The Kier molecular flexibility index (Phi) is 4.61. The number of hydrogen-bond donors (Lipinski definition) is 1. The van der Waals surface area contributed by atoms with Crippen molar-refractivity contribution in [3.8, 4) is 11.3 Å². The summed E-state index contributed by atoms with van der Waals surface area (Å²) in [5.74, 6) is -0.744. The Morgan fingerprint density at radius 3 is 2.39 bits per heavy atom. The first-order valence-electron chi connectivity index (χ1n) is 6.51. The van der Waals surface area contributed by atoms with Gasteiger partial charge in [0.2, 0.25) is 0 Å². The standard InChI is InChI=1S/C16H9Cl2FN2OS/c17-11-2-1-3-12(18)14(11)15(22)21-16-20-13(8-23-16)9-4-6-10(19)7-5-9/h1-8H,(H,20,21,22). The molecule has 3 rings (SSSR count). The van der Waals surface area contributed by atoms with Gasteiger partial charge in [-0.15, -0.1) is 11.3 Å². The summed E-state index contributed by atoms with van der Waals surface area (Å²) >= 11 is 13.3. The minimum absolute atomic E-state index is 0.203. The molecule has 0 aliphatic heterocycles. The van der Waals surface area contributed by atoms with Crippen LogP contribution in [0.4, 0.5) is 9.52 Å². The number of carbonyl (C=O) groups excluding carboxylic acids is 1. The normalized spacial score (nSPS) is 10.6. The summed E-state index contributed by atoms with van der Waals surface area (Å²) in [4.78, 5) is 16.6. The van der Waals surface area contributed by atoms with E-state index < -0.39 is 5.91 Å². The van der Waals surface area contributed by atoms with Gasteiger partial charge in [-0.25, -0.2) is 9.37 Å². The second-order valence-corrected chi connectivity index (χ2v) is 6.27. The van der Waals surface area contributed by atoms with Crippen LogP contribution in [0.3, 0.4) is 0 Å². The van der Waals surface area contributed by atoms with Crippen molar-refractivity contribution in [1.29, 1.82) is 0 Å². The zero-order valence-electron chi connectivity index (χ0n) is 11.5. The summed E-state index contributed by atoms with van der Waals surface area (Å²) in [7, 11) is 0. The summed E-state index contributed by atoms with van der Waals surface area (Å²) in [5.41, 5.74) is 1.61. The molecule has 1 aromatic heterocycles. The van der Waals surface area contributed by atoms with Gasteiger partial charge in [0.05, 0.1) is 21.3 Å². The Bertz CT molecular complexity index is 845. The maximum Gasteiger partial charge on any atom is 0.260 e. The molecule has 0 fully saturated rings. The van der Waals surface area contributed by atoms with Crippen molar-refractivity contribution >= 4 is 45.6 Å². The lowest BCUT2D eigenvalue weighted by molar-refractivity contribution is 0.102. The molecule has 3 aromatic rings. The molecule has 0 aliphatic rings. The molecular formula is C16H9Cl2FN2OS. The van der Waals surface area contributed by atoms with Gasteiger partial charge in [0, 0.05) is 10.9 Å². The second kappa shape index (κ2) is 6.66. The minimum atomic E-state index is -0.430. The van der Waals surface area contributed by atoms with E-state index in [2.05, 4.69) is 10.3 Å². The van der Waals surface area contributed by atoms with E-state index in [1.807, 2.05) is 0 Å². The molecule has 2 aromatic carbocycles. The smallest absolute Gasteiger partial charge is 0.260 e. The molecule has 7 heteroatoms. The number of carbonyl (C=O) groups is 1. The van der Waals surface area contributed by atoms with Crippen molar-refractivity contribution < 1.29 is 9.18 Å². The highest BCUT2D eigenvalue weighted by atomic mass is 35.5. The average Bonchev–Trinajstić information content (AvgIpc) is 2.96. The van der Waals surface area contributed by atoms with Gasteiger partial charge in [0.1, 0.15) is 5.82 Å². The van der Waals surface area contributed by atoms with Crippen LogP contribution in [0.2, 0.25) is 10.0 Å². The van der Waals surface area contributed by atoms with Crippen LogP contribution in [-0.4, -0.2) is 10.9 Å². The largest absolute Gasteiger partial charge is 0.298 e. The highest BCUT2D eigenvalue weighted by Gasteiger charge is 2.16. The number of nitrogens with zero attached hydrogens (tertiary/aromatic N) is 1. The number of benzene rings is 2. The van der Waals surface area contributed by atoms with Crippen LogP contribution >= 0.6 is 34.5 Å². The summed E-state index contributed by atoms with van der Waals surface area (Å²) in [6.45, 7) is 0. The molecule has 0 radical (unpaired) electrons. The quantitative estimate of drug-likeness (QED) is 0.663. The van der Waals surface area contributed by atoms with Crippen LogP contribution in [0, 0.1) is 5.82 Å². The van der Waals surface area contributed by atoms with Crippen LogP contribution in [-0.2, 0) is 0 Å². The molecule has 0 bridgehead atoms.